The van der Waals surface area contributed by atoms with Crippen LogP contribution in [-0.2, 0) is 13.0 Å². The summed E-state index contributed by atoms with van der Waals surface area (Å²) in [6, 6.07) is 8.34. The molecule has 0 saturated heterocycles. The summed E-state index contributed by atoms with van der Waals surface area (Å²) in [5, 5.41) is 12.8. The van der Waals surface area contributed by atoms with Crippen LogP contribution in [0.15, 0.2) is 30.6 Å². The summed E-state index contributed by atoms with van der Waals surface area (Å²) >= 11 is 0. The second kappa shape index (κ2) is 7.05. The smallest absolute Gasteiger partial charge is 0.112 e. The van der Waals surface area contributed by atoms with Crippen LogP contribution in [0.4, 0.5) is 0 Å². The van der Waals surface area contributed by atoms with Crippen molar-refractivity contribution < 1.29 is 0 Å². The Labute approximate surface area is 126 Å². The lowest BCUT2D eigenvalue weighted by atomic mass is 10.1. The van der Waals surface area contributed by atoms with Gasteiger partial charge in [0, 0.05) is 25.4 Å². The zero-order valence-corrected chi connectivity index (χ0v) is 12.9. The fraction of sp³-hybridized carbons (Fsp3) is 0.412. The van der Waals surface area contributed by atoms with Crippen LogP contribution in [-0.4, -0.2) is 16.1 Å². The molecule has 4 nitrogen and oxygen atoms in total. The van der Waals surface area contributed by atoms with Gasteiger partial charge in [-0.15, -0.1) is 0 Å². The van der Waals surface area contributed by atoms with Crippen molar-refractivity contribution in [3.05, 3.63) is 47.5 Å². The van der Waals surface area contributed by atoms with E-state index in [-0.39, 0.29) is 0 Å². The first-order valence-electron chi connectivity index (χ1n) is 7.42. The molecule has 0 radical (unpaired) electrons. The molecule has 0 amide bonds. The van der Waals surface area contributed by atoms with Crippen molar-refractivity contribution in [3.8, 4) is 11.8 Å². The largest absolute Gasteiger partial charge is 0.312 e. The van der Waals surface area contributed by atoms with E-state index in [2.05, 4.69) is 43.2 Å². The molecule has 0 bridgehead atoms. The lowest BCUT2D eigenvalue weighted by Crippen LogP contribution is -2.19. The zero-order valence-electron chi connectivity index (χ0n) is 12.9. The highest BCUT2D eigenvalue weighted by atomic mass is 15.1. The molecule has 0 saturated carbocycles. The fourth-order valence-electron chi connectivity index (χ4n) is 2.31. The van der Waals surface area contributed by atoms with E-state index in [1.54, 1.807) is 6.20 Å². The molecule has 0 atom stereocenters. The average molecular weight is 282 g/mol. The Kier molecular flexibility index (Phi) is 5.13. The van der Waals surface area contributed by atoms with Crippen LogP contribution in [0.25, 0.3) is 5.69 Å². The van der Waals surface area contributed by atoms with Gasteiger partial charge in [0.05, 0.1) is 11.3 Å². The zero-order chi connectivity index (χ0) is 15.2. The minimum absolute atomic E-state index is 0.623. The second-order valence-electron chi connectivity index (χ2n) is 5.56. The molecule has 2 rings (SSSR count). The number of benzene rings is 1. The molecule has 21 heavy (non-hydrogen) atoms. The van der Waals surface area contributed by atoms with Crippen molar-refractivity contribution in [2.75, 3.05) is 6.54 Å². The Hall–Kier alpha value is -2.12. The number of nitrogens with one attached hydrogen (secondary N) is 1. The highest BCUT2D eigenvalue weighted by Gasteiger charge is 2.09. The van der Waals surface area contributed by atoms with Gasteiger partial charge in [-0.05, 0) is 30.2 Å². The molecule has 0 aliphatic carbocycles. The second-order valence-corrected chi connectivity index (χ2v) is 5.56. The third-order valence-corrected chi connectivity index (χ3v) is 3.36. The number of hydrogen-bond acceptors (Lipinski definition) is 3. The molecular weight excluding hydrogens is 260 g/mol. The maximum atomic E-state index is 9.41. The van der Waals surface area contributed by atoms with E-state index < -0.39 is 0 Å². The van der Waals surface area contributed by atoms with Gasteiger partial charge in [-0.3, -0.25) is 0 Å². The Morgan fingerprint density at radius 3 is 2.86 bits per heavy atom. The number of aromatic nitrogens is 2. The van der Waals surface area contributed by atoms with Gasteiger partial charge in [0.1, 0.15) is 11.9 Å². The fourth-order valence-corrected chi connectivity index (χ4v) is 2.31. The Bertz CT molecular complexity index is 634. The minimum Gasteiger partial charge on any atom is -0.312 e. The predicted molar refractivity (Wildman–Crippen MR) is 84.2 cm³/mol. The SMILES string of the molecule is CCc1nccn1-c1ccc(CNCC(C)C)cc1C#N. The molecular formula is C17H22N4. The first-order valence-corrected chi connectivity index (χ1v) is 7.42. The highest BCUT2D eigenvalue weighted by Crippen LogP contribution is 2.18. The van der Waals surface area contributed by atoms with Crippen molar-refractivity contribution >= 4 is 0 Å². The lowest BCUT2D eigenvalue weighted by Gasteiger charge is -2.11. The molecule has 1 heterocycles. The van der Waals surface area contributed by atoms with Crippen LogP contribution in [0.1, 0.15) is 37.7 Å². The normalized spacial score (nSPS) is 10.8. The van der Waals surface area contributed by atoms with Gasteiger partial charge in [-0.25, -0.2) is 4.98 Å². The van der Waals surface area contributed by atoms with Crippen LogP contribution in [0.5, 0.6) is 0 Å². The molecule has 0 unspecified atom stereocenters. The molecule has 1 aromatic heterocycles. The van der Waals surface area contributed by atoms with Crippen LogP contribution in [0.2, 0.25) is 0 Å². The standard InChI is InChI=1S/C17H22N4/c1-4-17-20-7-8-21(17)16-6-5-14(9-15(16)10-18)12-19-11-13(2)3/h5-9,13,19H,4,11-12H2,1-3H3. The maximum absolute atomic E-state index is 9.41. The first kappa shape index (κ1) is 15.3. The third-order valence-electron chi connectivity index (χ3n) is 3.36. The molecule has 1 aromatic carbocycles. The van der Waals surface area contributed by atoms with E-state index >= 15 is 0 Å². The molecule has 0 fully saturated rings. The van der Waals surface area contributed by atoms with Crippen molar-refractivity contribution in [2.24, 2.45) is 5.92 Å². The Morgan fingerprint density at radius 1 is 1.38 bits per heavy atom. The molecule has 0 aliphatic rings. The van der Waals surface area contributed by atoms with Crippen LogP contribution >= 0.6 is 0 Å². The Balaban J connectivity index is 2.23. The molecule has 0 aliphatic heterocycles. The van der Waals surface area contributed by atoms with Crippen molar-refractivity contribution in [1.29, 1.82) is 5.26 Å². The van der Waals surface area contributed by atoms with Gasteiger partial charge in [0.15, 0.2) is 0 Å². The van der Waals surface area contributed by atoms with E-state index in [1.807, 2.05) is 22.9 Å². The predicted octanol–water partition coefficient (Wildman–Crippen LogP) is 3.05. The summed E-state index contributed by atoms with van der Waals surface area (Å²) < 4.78 is 1.99. The highest BCUT2D eigenvalue weighted by molar-refractivity contribution is 5.51. The van der Waals surface area contributed by atoms with Gasteiger partial charge >= 0.3 is 0 Å². The summed E-state index contributed by atoms with van der Waals surface area (Å²) in [5.74, 6) is 1.59. The molecule has 1 N–H and O–H groups in total. The number of nitrogens with zero attached hydrogens (tertiary/aromatic N) is 3. The summed E-state index contributed by atoms with van der Waals surface area (Å²) in [4.78, 5) is 4.32. The molecule has 0 spiro atoms. The van der Waals surface area contributed by atoms with E-state index in [4.69, 9.17) is 0 Å². The minimum atomic E-state index is 0.623. The summed E-state index contributed by atoms with van der Waals surface area (Å²) in [6.07, 6.45) is 4.53. The van der Waals surface area contributed by atoms with Crippen LogP contribution in [0.3, 0.4) is 0 Å². The van der Waals surface area contributed by atoms with Gasteiger partial charge in [0.25, 0.3) is 0 Å². The summed E-state index contributed by atoms with van der Waals surface area (Å²) in [6.45, 7) is 8.20. The van der Waals surface area contributed by atoms with Crippen LogP contribution in [0, 0.1) is 17.2 Å². The monoisotopic (exact) mass is 282 g/mol. The number of aryl methyl sites for hydroxylation is 1. The van der Waals surface area contributed by atoms with E-state index in [1.165, 1.54) is 0 Å². The van der Waals surface area contributed by atoms with E-state index in [0.29, 0.717) is 11.5 Å². The number of nitriles is 1. The number of rotatable bonds is 6. The summed E-state index contributed by atoms with van der Waals surface area (Å²) in [7, 11) is 0. The van der Waals surface area contributed by atoms with Crippen molar-refractivity contribution in [1.82, 2.24) is 14.9 Å². The lowest BCUT2D eigenvalue weighted by molar-refractivity contribution is 0.552. The molecule has 4 heteroatoms. The van der Waals surface area contributed by atoms with Crippen molar-refractivity contribution in [3.63, 3.8) is 0 Å². The van der Waals surface area contributed by atoms with Gasteiger partial charge < -0.3 is 9.88 Å². The first-order chi connectivity index (χ1) is 10.2. The molecule has 110 valence electrons. The van der Waals surface area contributed by atoms with Gasteiger partial charge in [0.2, 0.25) is 0 Å². The van der Waals surface area contributed by atoms with Crippen molar-refractivity contribution in [2.45, 2.75) is 33.7 Å². The quantitative estimate of drug-likeness (QED) is 0.886. The van der Waals surface area contributed by atoms with Gasteiger partial charge in [-0.2, -0.15) is 5.26 Å². The Morgan fingerprint density at radius 2 is 2.19 bits per heavy atom. The number of hydrogen-bond donors (Lipinski definition) is 1. The van der Waals surface area contributed by atoms with E-state index in [9.17, 15) is 5.26 Å². The average Bonchev–Trinajstić information content (AvgIpc) is 2.95. The van der Waals surface area contributed by atoms with Crippen LogP contribution < -0.4 is 5.32 Å². The maximum Gasteiger partial charge on any atom is 0.112 e. The van der Waals surface area contributed by atoms with E-state index in [0.717, 1.165) is 36.6 Å². The number of imidazole rings is 1. The molecule has 2 aromatic rings. The topological polar surface area (TPSA) is 53.6 Å². The summed E-state index contributed by atoms with van der Waals surface area (Å²) in [5.41, 5.74) is 2.72. The van der Waals surface area contributed by atoms with Gasteiger partial charge in [-0.1, -0.05) is 26.8 Å². The third kappa shape index (κ3) is 3.71.